The van der Waals surface area contributed by atoms with Gasteiger partial charge in [0.25, 0.3) is 5.91 Å². The Balaban J connectivity index is 1.29. The lowest BCUT2D eigenvalue weighted by atomic mass is 10.1. The van der Waals surface area contributed by atoms with Crippen LogP contribution in [0, 0.1) is 0 Å². The number of fused-ring (bicyclic) bond motifs is 3. The number of furan rings is 1. The summed E-state index contributed by atoms with van der Waals surface area (Å²) in [6.07, 6.45) is 0. The zero-order valence-electron chi connectivity index (χ0n) is 19.1. The minimum Gasteiger partial charge on any atom is -0.497 e. The molecule has 0 spiro atoms. The van der Waals surface area contributed by atoms with Crippen molar-refractivity contribution in [3.8, 4) is 17.2 Å². The van der Waals surface area contributed by atoms with Crippen LogP contribution >= 0.6 is 0 Å². The molecule has 4 rings (SSSR count). The van der Waals surface area contributed by atoms with Gasteiger partial charge in [-0.3, -0.25) is 4.79 Å². The van der Waals surface area contributed by atoms with E-state index in [9.17, 15) is 9.59 Å². The van der Waals surface area contributed by atoms with Crippen molar-refractivity contribution < 1.29 is 33.0 Å². The van der Waals surface area contributed by atoms with Gasteiger partial charge in [-0.15, -0.1) is 0 Å². The van der Waals surface area contributed by atoms with Gasteiger partial charge in [-0.05, 0) is 49.4 Å². The van der Waals surface area contributed by atoms with Gasteiger partial charge in [0.1, 0.15) is 28.4 Å². The molecule has 0 aliphatic heterocycles. The van der Waals surface area contributed by atoms with Crippen molar-refractivity contribution in [1.82, 2.24) is 5.32 Å². The first-order valence-electron chi connectivity index (χ1n) is 10.7. The molecule has 0 radical (unpaired) electrons. The molecule has 0 aliphatic carbocycles. The highest BCUT2D eigenvalue weighted by Crippen LogP contribution is 2.31. The number of carbonyl (C=O) groups excluding carboxylic acids is 2. The second-order valence-corrected chi connectivity index (χ2v) is 7.60. The molecule has 0 fully saturated rings. The van der Waals surface area contributed by atoms with Gasteiger partial charge in [0.2, 0.25) is 0 Å². The van der Waals surface area contributed by atoms with Gasteiger partial charge in [-0.2, -0.15) is 0 Å². The molecule has 8 nitrogen and oxygen atoms in total. The molecule has 176 valence electrons. The van der Waals surface area contributed by atoms with E-state index in [1.165, 1.54) is 0 Å². The van der Waals surface area contributed by atoms with Gasteiger partial charge < -0.3 is 28.7 Å². The largest absolute Gasteiger partial charge is 0.497 e. The Labute approximate surface area is 196 Å². The topological polar surface area (TPSA) is 96.2 Å². The van der Waals surface area contributed by atoms with E-state index in [4.69, 9.17) is 23.4 Å². The number of nitrogens with one attached hydrogen (secondary N) is 1. The highest BCUT2D eigenvalue weighted by molar-refractivity contribution is 6.05. The second-order valence-electron chi connectivity index (χ2n) is 7.60. The van der Waals surface area contributed by atoms with Gasteiger partial charge >= 0.3 is 5.97 Å². The molecule has 1 aromatic heterocycles. The van der Waals surface area contributed by atoms with Crippen molar-refractivity contribution in [2.45, 2.75) is 13.0 Å². The number of hydrogen-bond donors (Lipinski definition) is 1. The summed E-state index contributed by atoms with van der Waals surface area (Å²) in [6.45, 7) is 1.05. The average Bonchev–Trinajstić information content (AvgIpc) is 3.23. The Morgan fingerprint density at radius 1 is 0.882 bits per heavy atom. The van der Waals surface area contributed by atoms with Crippen molar-refractivity contribution >= 4 is 33.8 Å². The van der Waals surface area contributed by atoms with Gasteiger partial charge in [-0.1, -0.05) is 18.2 Å². The van der Waals surface area contributed by atoms with Crippen molar-refractivity contribution in [3.63, 3.8) is 0 Å². The van der Waals surface area contributed by atoms with E-state index < -0.39 is 18.5 Å². The van der Waals surface area contributed by atoms with Crippen molar-refractivity contribution in [3.05, 3.63) is 66.2 Å². The minimum atomic E-state index is -0.654. The van der Waals surface area contributed by atoms with Crippen LogP contribution in [0.2, 0.25) is 0 Å². The first-order chi connectivity index (χ1) is 16.5. The lowest BCUT2D eigenvalue weighted by Crippen LogP contribution is -2.32. The van der Waals surface area contributed by atoms with Crippen molar-refractivity contribution in [2.75, 3.05) is 27.4 Å². The van der Waals surface area contributed by atoms with Crippen molar-refractivity contribution in [2.24, 2.45) is 0 Å². The molecule has 0 saturated heterocycles. The number of benzene rings is 3. The van der Waals surface area contributed by atoms with E-state index in [2.05, 4.69) is 5.32 Å². The van der Waals surface area contributed by atoms with Crippen LogP contribution in [0.5, 0.6) is 17.2 Å². The molecule has 34 heavy (non-hydrogen) atoms. The first-order valence-corrected chi connectivity index (χ1v) is 10.7. The molecule has 4 aromatic rings. The zero-order valence-corrected chi connectivity index (χ0v) is 19.1. The van der Waals surface area contributed by atoms with E-state index in [1.807, 2.05) is 30.3 Å². The van der Waals surface area contributed by atoms with Crippen molar-refractivity contribution in [1.29, 1.82) is 0 Å². The third-order valence-electron chi connectivity index (χ3n) is 5.35. The van der Waals surface area contributed by atoms with Crippen LogP contribution in [0.4, 0.5) is 0 Å². The van der Waals surface area contributed by atoms with Crippen LogP contribution in [0.15, 0.2) is 65.1 Å². The third kappa shape index (κ3) is 5.06. The molecule has 1 atom stereocenters. The van der Waals surface area contributed by atoms with Crippen LogP contribution in [-0.2, 0) is 14.3 Å². The van der Waals surface area contributed by atoms with E-state index in [-0.39, 0.29) is 12.6 Å². The predicted molar refractivity (Wildman–Crippen MR) is 126 cm³/mol. The normalized spacial score (nSPS) is 11.7. The fraction of sp³-hybridized carbons (Fsp3) is 0.231. The first kappa shape index (κ1) is 23.0. The summed E-state index contributed by atoms with van der Waals surface area (Å²) in [5.74, 6) is 0.651. The monoisotopic (exact) mass is 463 g/mol. The molecular formula is C26H25NO7. The summed E-state index contributed by atoms with van der Waals surface area (Å²) in [4.78, 5) is 24.4. The van der Waals surface area contributed by atoms with Crippen LogP contribution in [0.1, 0.15) is 18.5 Å². The van der Waals surface area contributed by atoms with Gasteiger partial charge in [0, 0.05) is 16.3 Å². The predicted octanol–water partition coefficient (Wildman–Crippen LogP) is 4.40. The quantitative estimate of drug-likeness (QED) is 0.368. The third-order valence-corrected chi connectivity index (χ3v) is 5.35. The van der Waals surface area contributed by atoms with Crippen LogP contribution < -0.4 is 19.5 Å². The Morgan fingerprint density at radius 2 is 1.65 bits per heavy atom. The van der Waals surface area contributed by atoms with E-state index >= 15 is 0 Å². The number of hydrogen-bond acceptors (Lipinski definition) is 7. The minimum absolute atomic E-state index is 0.326. The summed E-state index contributed by atoms with van der Waals surface area (Å²) in [5.41, 5.74) is 2.25. The number of methoxy groups -OCH3 is 2. The molecule has 0 saturated carbocycles. The summed E-state index contributed by atoms with van der Waals surface area (Å²) in [7, 11) is 3.11. The average molecular weight is 463 g/mol. The lowest BCUT2D eigenvalue weighted by molar-refractivity contribution is -0.150. The zero-order chi connectivity index (χ0) is 24.1. The molecule has 0 aliphatic rings. The maximum atomic E-state index is 12.3. The summed E-state index contributed by atoms with van der Waals surface area (Å²) < 4.78 is 27.0. The number of para-hydroxylation sites is 1. The van der Waals surface area contributed by atoms with E-state index in [0.29, 0.717) is 17.2 Å². The summed E-state index contributed by atoms with van der Waals surface area (Å²) in [5, 5.41) is 4.64. The van der Waals surface area contributed by atoms with Gasteiger partial charge in [-0.25, -0.2) is 4.79 Å². The molecule has 1 heterocycles. The molecule has 1 amide bonds. The van der Waals surface area contributed by atoms with Gasteiger partial charge in [0.15, 0.2) is 13.2 Å². The summed E-state index contributed by atoms with van der Waals surface area (Å²) >= 11 is 0. The fourth-order valence-corrected chi connectivity index (χ4v) is 3.66. The molecule has 3 aromatic carbocycles. The van der Waals surface area contributed by atoms with Crippen LogP contribution in [0.3, 0.4) is 0 Å². The second kappa shape index (κ2) is 10.2. The molecular weight excluding hydrogens is 438 g/mol. The maximum absolute atomic E-state index is 12.3. The number of rotatable bonds is 9. The lowest BCUT2D eigenvalue weighted by Gasteiger charge is -2.18. The Morgan fingerprint density at radius 3 is 2.44 bits per heavy atom. The highest BCUT2D eigenvalue weighted by Gasteiger charge is 2.17. The van der Waals surface area contributed by atoms with E-state index in [0.717, 1.165) is 27.5 Å². The Kier molecular flexibility index (Phi) is 6.87. The number of amides is 1. The Bertz CT molecular complexity index is 1330. The molecule has 1 unspecified atom stereocenters. The highest BCUT2D eigenvalue weighted by atomic mass is 16.6. The smallest absolute Gasteiger partial charge is 0.344 e. The summed E-state index contributed by atoms with van der Waals surface area (Å²) in [6, 6.07) is 17.9. The Hall–Kier alpha value is -4.20. The standard InChI is InChI=1S/C26H25NO7/c1-16(20-12-17(30-2)8-10-22(20)31-3)27-25(28)14-33-26(29)15-32-18-9-11-24-21(13-18)19-6-4-5-7-23(19)34-24/h4-13,16H,14-15H2,1-3H3,(H,27,28). The van der Waals surface area contributed by atoms with Gasteiger partial charge in [0.05, 0.1) is 20.3 Å². The number of carbonyl (C=O) groups is 2. The maximum Gasteiger partial charge on any atom is 0.344 e. The fourth-order valence-electron chi connectivity index (χ4n) is 3.66. The molecule has 0 bridgehead atoms. The van der Waals surface area contributed by atoms with Crippen LogP contribution in [0.25, 0.3) is 21.9 Å². The van der Waals surface area contributed by atoms with E-state index in [1.54, 1.807) is 51.5 Å². The SMILES string of the molecule is COc1ccc(OC)c(C(C)NC(=O)COC(=O)COc2ccc3oc4ccccc4c3c2)c1. The molecule has 8 heteroatoms. The number of ether oxygens (including phenoxy) is 4. The number of esters is 1. The molecule has 1 N–H and O–H groups in total. The van der Waals surface area contributed by atoms with Crippen LogP contribution in [-0.4, -0.2) is 39.3 Å².